The first-order valence-electron chi connectivity index (χ1n) is 8.60. The Morgan fingerprint density at radius 3 is 2.73 bits per heavy atom. The van der Waals surface area contributed by atoms with Crippen molar-refractivity contribution in [2.24, 2.45) is 11.7 Å². The fourth-order valence-corrected chi connectivity index (χ4v) is 4.70. The quantitative estimate of drug-likeness (QED) is 0.778. The molecule has 7 heteroatoms. The zero-order valence-corrected chi connectivity index (χ0v) is 16.1. The van der Waals surface area contributed by atoms with Crippen molar-refractivity contribution in [2.75, 3.05) is 11.9 Å². The van der Waals surface area contributed by atoms with Gasteiger partial charge in [0.1, 0.15) is 10.8 Å². The summed E-state index contributed by atoms with van der Waals surface area (Å²) in [5.41, 5.74) is 7.04. The average molecular weight is 393 g/mol. The van der Waals surface area contributed by atoms with Crippen LogP contribution in [-0.4, -0.2) is 18.4 Å². The molecule has 1 aliphatic carbocycles. The van der Waals surface area contributed by atoms with E-state index in [-0.39, 0.29) is 12.5 Å². The Labute approximate surface area is 161 Å². The summed E-state index contributed by atoms with van der Waals surface area (Å²) in [6.45, 7) is 2.02. The zero-order chi connectivity index (χ0) is 18.7. The van der Waals surface area contributed by atoms with Crippen LogP contribution in [0.15, 0.2) is 24.3 Å². The van der Waals surface area contributed by atoms with E-state index in [1.54, 1.807) is 24.3 Å². The summed E-state index contributed by atoms with van der Waals surface area (Å²) in [5, 5.41) is 3.92. The van der Waals surface area contributed by atoms with Crippen LogP contribution in [0.5, 0.6) is 5.75 Å². The Bertz CT molecular complexity index is 817. The summed E-state index contributed by atoms with van der Waals surface area (Å²) in [5.74, 6) is 0.356. The Hall–Kier alpha value is -2.05. The van der Waals surface area contributed by atoms with Gasteiger partial charge in [0.15, 0.2) is 6.61 Å². The molecule has 0 bridgehead atoms. The molecule has 1 aromatic heterocycles. The van der Waals surface area contributed by atoms with E-state index in [9.17, 15) is 9.59 Å². The molecule has 138 valence electrons. The minimum absolute atomic E-state index is 0.153. The van der Waals surface area contributed by atoms with Crippen LogP contribution >= 0.6 is 22.9 Å². The number of carbonyl (C=O) groups is 2. The highest BCUT2D eigenvalue weighted by atomic mass is 35.5. The highest BCUT2D eigenvalue weighted by Crippen LogP contribution is 2.40. The Morgan fingerprint density at radius 2 is 2.08 bits per heavy atom. The standard InChI is InChI=1S/C19H21ClN2O3S/c1-2-11-3-8-14-15(9-11)26-19(17(14)18(21)24)22-16(23)10-25-13-6-4-12(20)5-7-13/h4-7,11H,2-3,8-10H2,1H3,(H2,21,24)(H,22,23)/t11-/m0/s1. The van der Waals surface area contributed by atoms with Crippen molar-refractivity contribution in [2.45, 2.75) is 32.6 Å². The number of carbonyl (C=O) groups excluding carboxylic acids is 2. The van der Waals surface area contributed by atoms with Gasteiger partial charge in [0.25, 0.3) is 11.8 Å². The van der Waals surface area contributed by atoms with Crippen molar-refractivity contribution in [3.63, 3.8) is 0 Å². The van der Waals surface area contributed by atoms with Crippen molar-refractivity contribution in [3.8, 4) is 5.75 Å². The maximum Gasteiger partial charge on any atom is 0.262 e. The lowest BCUT2D eigenvalue weighted by atomic mass is 9.85. The number of primary amides is 1. The van der Waals surface area contributed by atoms with Gasteiger partial charge in [-0.2, -0.15) is 0 Å². The molecule has 0 saturated heterocycles. The number of nitrogens with one attached hydrogen (secondary N) is 1. The van der Waals surface area contributed by atoms with Crippen LogP contribution in [0.1, 0.15) is 40.6 Å². The molecule has 5 nitrogen and oxygen atoms in total. The van der Waals surface area contributed by atoms with Crippen LogP contribution in [0, 0.1) is 5.92 Å². The first-order valence-corrected chi connectivity index (χ1v) is 9.80. The Kier molecular flexibility index (Phi) is 5.84. The molecule has 26 heavy (non-hydrogen) atoms. The van der Waals surface area contributed by atoms with Crippen LogP contribution in [0.4, 0.5) is 5.00 Å². The number of hydrogen-bond donors (Lipinski definition) is 2. The summed E-state index contributed by atoms with van der Waals surface area (Å²) < 4.78 is 5.45. The number of rotatable bonds is 6. The van der Waals surface area contributed by atoms with Gasteiger partial charge in [-0.05, 0) is 55.0 Å². The van der Waals surface area contributed by atoms with Gasteiger partial charge in [-0.15, -0.1) is 11.3 Å². The monoisotopic (exact) mass is 392 g/mol. The van der Waals surface area contributed by atoms with E-state index in [4.69, 9.17) is 22.1 Å². The lowest BCUT2D eigenvalue weighted by Gasteiger charge is -2.20. The molecule has 2 amide bonds. The average Bonchev–Trinajstić information content (AvgIpc) is 2.98. The minimum Gasteiger partial charge on any atom is -0.484 e. The van der Waals surface area contributed by atoms with Crippen molar-refractivity contribution in [3.05, 3.63) is 45.3 Å². The molecule has 0 radical (unpaired) electrons. The van der Waals surface area contributed by atoms with Crippen molar-refractivity contribution >= 4 is 39.8 Å². The molecule has 1 aromatic carbocycles. The number of anilines is 1. The lowest BCUT2D eigenvalue weighted by Crippen LogP contribution is -2.22. The van der Waals surface area contributed by atoms with Crippen molar-refractivity contribution < 1.29 is 14.3 Å². The number of thiophene rings is 1. The van der Waals surface area contributed by atoms with Crippen LogP contribution in [0.3, 0.4) is 0 Å². The number of benzene rings is 1. The molecule has 1 atom stereocenters. The predicted molar refractivity (Wildman–Crippen MR) is 104 cm³/mol. The predicted octanol–water partition coefficient (Wildman–Crippen LogP) is 4.03. The van der Waals surface area contributed by atoms with E-state index >= 15 is 0 Å². The largest absolute Gasteiger partial charge is 0.484 e. The van der Waals surface area contributed by atoms with Crippen LogP contribution < -0.4 is 15.8 Å². The van der Waals surface area contributed by atoms with Crippen molar-refractivity contribution in [1.29, 1.82) is 0 Å². The van der Waals surface area contributed by atoms with Gasteiger partial charge in [0.05, 0.1) is 5.56 Å². The molecule has 1 aliphatic rings. The van der Waals surface area contributed by atoms with Gasteiger partial charge in [-0.1, -0.05) is 24.9 Å². The maximum absolute atomic E-state index is 12.3. The molecule has 0 aliphatic heterocycles. The summed E-state index contributed by atoms with van der Waals surface area (Å²) in [7, 11) is 0. The van der Waals surface area contributed by atoms with Gasteiger partial charge in [0, 0.05) is 9.90 Å². The molecule has 3 N–H and O–H groups in total. The topological polar surface area (TPSA) is 81.4 Å². The fourth-order valence-electron chi connectivity index (χ4n) is 3.19. The zero-order valence-electron chi connectivity index (χ0n) is 14.5. The Morgan fingerprint density at radius 1 is 1.35 bits per heavy atom. The van der Waals surface area contributed by atoms with Gasteiger partial charge >= 0.3 is 0 Å². The Balaban J connectivity index is 1.70. The summed E-state index contributed by atoms with van der Waals surface area (Å²) in [6.07, 6.45) is 3.93. The first kappa shape index (κ1) is 18.7. The number of halogens is 1. The molecule has 1 heterocycles. The van der Waals surface area contributed by atoms with E-state index in [1.807, 2.05) is 0 Å². The summed E-state index contributed by atoms with van der Waals surface area (Å²) >= 11 is 7.28. The number of hydrogen-bond acceptors (Lipinski definition) is 4. The summed E-state index contributed by atoms with van der Waals surface area (Å²) in [4.78, 5) is 25.3. The molecule has 2 aromatic rings. The van der Waals surface area contributed by atoms with Crippen molar-refractivity contribution in [1.82, 2.24) is 0 Å². The minimum atomic E-state index is -0.494. The van der Waals surface area contributed by atoms with E-state index in [0.717, 1.165) is 36.1 Å². The third-order valence-electron chi connectivity index (χ3n) is 4.63. The first-order chi connectivity index (χ1) is 12.5. The number of ether oxygens (including phenoxy) is 1. The van der Waals surface area contributed by atoms with Gasteiger partial charge in [0.2, 0.25) is 0 Å². The summed E-state index contributed by atoms with van der Waals surface area (Å²) in [6, 6.07) is 6.77. The van der Waals surface area contributed by atoms with E-state index in [2.05, 4.69) is 12.2 Å². The second-order valence-electron chi connectivity index (χ2n) is 6.38. The normalized spacial score (nSPS) is 16.0. The van der Waals surface area contributed by atoms with Crippen LogP contribution in [0.2, 0.25) is 5.02 Å². The molecular weight excluding hydrogens is 372 g/mol. The molecule has 0 unspecified atom stereocenters. The van der Waals surface area contributed by atoms with Gasteiger partial charge in [-0.3, -0.25) is 9.59 Å². The molecule has 0 spiro atoms. The molecule has 0 saturated carbocycles. The fraction of sp³-hybridized carbons (Fsp3) is 0.368. The molecular formula is C19H21ClN2O3S. The highest BCUT2D eigenvalue weighted by molar-refractivity contribution is 7.17. The van der Waals surface area contributed by atoms with E-state index < -0.39 is 5.91 Å². The number of nitrogens with two attached hydrogens (primary N) is 1. The molecule has 0 fully saturated rings. The van der Waals surface area contributed by atoms with E-state index in [0.29, 0.717) is 27.3 Å². The van der Waals surface area contributed by atoms with Crippen LogP contribution in [0.25, 0.3) is 0 Å². The second kappa shape index (κ2) is 8.10. The second-order valence-corrected chi connectivity index (χ2v) is 7.92. The number of fused-ring (bicyclic) bond motifs is 1. The molecule has 3 rings (SSSR count). The van der Waals surface area contributed by atoms with Gasteiger partial charge < -0.3 is 15.8 Å². The third-order valence-corrected chi connectivity index (χ3v) is 6.05. The maximum atomic E-state index is 12.3. The van der Waals surface area contributed by atoms with Gasteiger partial charge in [-0.25, -0.2) is 0 Å². The smallest absolute Gasteiger partial charge is 0.262 e. The van der Waals surface area contributed by atoms with E-state index in [1.165, 1.54) is 11.3 Å². The number of amides is 2. The van der Waals surface area contributed by atoms with Crippen LogP contribution in [-0.2, 0) is 17.6 Å². The third kappa shape index (κ3) is 4.19. The highest BCUT2D eigenvalue weighted by Gasteiger charge is 2.28. The lowest BCUT2D eigenvalue weighted by molar-refractivity contribution is -0.118. The SMILES string of the molecule is CC[C@H]1CCc2c(sc(NC(=O)COc3ccc(Cl)cc3)c2C(N)=O)C1.